The first-order chi connectivity index (χ1) is 8.51. The van der Waals surface area contributed by atoms with Gasteiger partial charge in [-0.15, -0.1) is 0 Å². The molecule has 0 aliphatic heterocycles. The Morgan fingerprint density at radius 2 is 1.78 bits per heavy atom. The molecule has 0 radical (unpaired) electrons. The number of hydrogen-bond donors (Lipinski definition) is 2. The molecule has 4 heteroatoms. The van der Waals surface area contributed by atoms with E-state index in [0.29, 0.717) is 18.8 Å². The van der Waals surface area contributed by atoms with Crippen LogP contribution in [-0.4, -0.2) is 23.0 Å². The van der Waals surface area contributed by atoms with Crippen molar-refractivity contribution in [2.75, 3.05) is 0 Å². The van der Waals surface area contributed by atoms with Crippen LogP contribution in [0.5, 0.6) is 0 Å². The third-order valence-corrected chi connectivity index (χ3v) is 4.30. The third kappa shape index (κ3) is 3.47. The number of carbonyl (C=O) groups excluding carboxylic acids is 1. The SMILES string of the molecule is CCC(CC)C(C)NC(=O)C1CCCC1C(=O)O. The number of aliphatic carboxylic acids is 1. The molecule has 0 saturated heterocycles. The first-order valence-corrected chi connectivity index (χ1v) is 7.04. The van der Waals surface area contributed by atoms with E-state index in [0.717, 1.165) is 19.3 Å². The zero-order chi connectivity index (χ0) is 13.7. The average Bonchev–Trinajstić information content (AvgIpc) is 2.79. The molecule has 1 saturated carbocycles. The topological polar surface area (TPSA) is 66.4 Å². The van der Waals surface area contributed by atoms with Gasteiger partial charge in [0, 0.05) is 6.04 Å². The summed E-state index contributed by atoms with van der Waals surface area (Å²) >= 11 is 0. The molecule has 0 bridgehead atoms. The lowest BCUT2D eigenvalue weighted by molar-refractivity contribution is -0.146. The predicted octanol–water partition coefficient (Wildman–Crippen LogP) is 2.43. The lowest BCUT2D eigenvalue weighted by Crippen LogP contribution is -2.43. The molecule has 4 nitrogen and oxygen atoms in total. The first kappa shape index (κ1) is 15.0. The Kier molecular flexibility index (Phi) is 5.63. The molecular weight excluding hydrogens is 230 g/mol. The van der Waals surface area contributed by atoms with Gasteiger partial charge in [0.2, 0.25) is 5.91 Å². The average molecular weight is 255 g/mol. The van der Waals surface area contributed by atoms with Crippen LogP contribution >= 0.6 is 0 Å². The number of amides is 1. The fraction of sp³-hybridized carbons (Fsp3) is 0.857. The summed E-state index contributed by atoms with van der Waals surface area (Å²) in [5.41, 5.74) is 0. The zero-order valence-corrected chi connectivity index (χ0v) is 11.6. The maximum absolute atomic E-state index is 12.1. The molecular formula is C14H25NO3. The quantitative estimate of drug-likeness (QED) is 0.766. The van der Waals surface area contributed by atoms with E-state index < -0.39 is 11.9 Å². The van der Waals surface area contributed by atoms with Gasteiger partial charge in [0.05, 0.1) is 11.8 Å². The summed E-state index contributed by atoms with van der Waals surface area (Å²) in [7, 11) is 0. The van der Waals surface area contributed by atoms with Gasteiger partial charge in [0.25, 0.3) is 0 Å². The smallest absolute Gasteiger partial charge is 0.307 e. The minimum absolute atomic E-state index is 0.0701. The molecule has 104 valence electrons. The highest BCUT2D eigenvalue weighted by molar-refractivity contribution is 5.85. The maximum Gasteiger partial charge on any atom is 0.307 e. The van der Waals surface area contributed by atoms with Gasteiger partial charge in [-0.1, -0.05) is 33.1 Å². The Hall–Kier alpha value is -1.06. The highest BCUT2D eigenvalue weighted by Gasteiger charge is 2.38. The van der Waals surface area contributed by atoms with Crippen LogP contribution in [0.25, 0.3) is 0 Å². The largest absolute Gasteiger partial charge is 0.481 e. The van der Waals surface area contributed by atoms with Crippen molar-refractivity contribution in [1.29, 1.82) is 0 Å². The molecule has 1 aliphatic rings. The highest BCUT2D eigenvalue weighted by atomic mass is 16.4. The summed E-state index contributed by atoms with van der Waals surface area (Å²) in [5.74, 6) is -1.25. The monoisotopic (exact) mass is 255 g/mol. The van der Waals surface area contributed by atoms with Crippen molar-refractivity contribution in [3.05, 3.63) is 0 Å². The molecule has 3 atom stereocenters. The second-order valence-electron chi connectivity index (χ2n) is 5.36. The van der Waals surface area contributed by atoms with Gasteiger partial charge in [-0.25, -0.2) is 0 Å². The van der Waals surface area contributed by atoms with Gasteiger partial charge in [0.1, 0.15) is 0 Å². The van der Waals surface area contributed by atoms with Crippen molar-refractivity contribution in [3.8, 4) is 0 Å². The van der Waals surface area contributed by atoms with Crippen LogP contribution in [0.15, 0.2) is 0 Å². The number of carboxylic acid groups (broad SMARTS) is 1. The molecule has 3 unspecified atom stereocenters. The highest BCUT2D eigenvalue weighted by Crippen LogP contribution is 2.32. The number of carbonyl (C=O) groups is 2. The van der Waals surface area contributed by atoms with Crippen LogP contribution in [0.2, 0.25) is 0 Å². The van der Waals surface area contributed by atoms with E-state index in [1.54, 1.807) is 0 Å². The van der Waals surface area contributed by atoms with Gasteiger partial charge in [0.15, 0.2) is 0 Å². The molecule has 2 N–H and O–H groups in total. The number of nitrogens with one attached hydrogen (secondary N) is 1. The summed E-state index contributed by atoms with van der Waals surface area (Å²) in [6.07, 6.45) is 4.25. The van der Waals surface area contributed by atoms with Gasteiger partial charge < -0.3 is 10.4 Å². The Bertz CT molecular complexity index is 299. The van der Waals surface area contributed by atoms with Gasteiger partial charge >= 0.3 is 5.97 Å². The molecule has 1 amide bonds. The minimum atomic E-state index is -0.831. The van der Waals surface area contributed by atoms with Crippen molar-refractivity contribution in [2.45, 2.75) is 58.9 Å². The molecule has 1 aliphatic carbocycles. The van der Waals surface area contributed by atoms with Crippen LogP contribution < -0.4 is 5.32 Å². The zero-order valence-electron chi connectivity index (χ0n) is 11.6. The van der Waals surface area contributed by atoms with Crippen LogP contribution in [0.1, 0.15) is 52.9 Å². The Morgan fingerprint density at radius 1 is 1.22 bits per heavy atom. The van der Waals surface area contributed by atoms with Crippen molar-refractivity contribution in [3.63, 3.8) is 0 Å². The van der Waals surface area contributed by atoms with Crippen molar-refractivity contribution >= 4 is 11.9 Å². The van der Waals surface area contributed by atoms with E-state index in [9.17, 15) is 9.59 Å². The molecule has 0 heterocycles. The maximum atomic E-state index is 12.1. The van der Waals surface area contributed by atoms with E-state index >= 15 is 0 Å². The van der Waals surface area contributed by atoms with Gasteiger partial charge in [-0.3, -0.25) is 9.59 Å². The van der Waals surface area contributed by atoms with Crippen LogP contribution in [0.4, 0.5) is 0 Å². The fourth-order valence-electron chi connectivity index (χ4n) is 3.01. The van der Waals surface area contributed by atoms with Crippen LogP contribution in [0.3, 0.4) is 0 Å². The van der Waals surface area contributed by atoms with E-state index in [1.807, 2.05) is 6.92 Å². The molecule has 0 aromatic carbocycles. The van der Waals surface area contributed by atoms with E-state index in [1.165, 1.54) is 0 Å². The molecule has 0 spiro atoms. The number of rotatable bonds is 6. The van der Waals surface area contributed by atoms with E-state index in [4.69, 9.17) is 5.11 Å². The van der Waals surface area contributed by atoms with Crippen LogP contribution in [0, 0.1) is 17.8 Å². The predicted molar refractivity (Wildman–Crippen MR) is 70.1 cm³/mol. The Balaban J connectivity index is 2.57. The second-order valence-corrected chi connectivity index (χ2v) is 5.36. The molecule has 0 aromatic rings. The number of carboxylic acids is 1. The lowest BCUT2D eigenvalue weighted by atomic mass is 9.92. The Labute approximate surface area is 109 Å². The van der Waals surface area contributed by atoms with Gasteiger partial charge in [-0.05, 0) is 25.7 Å². The second kappa shape index (κ2) is 6.76. The standard InChI is InChI=1S/C14H25NO3/c1-4-10(5-2)9(3)15-13(16)11-7-6-8-12(11)14(17)18/h9-12H,4-8H2,1-3H3,(H,15,16)(H,17,18). The van der Waals surface area contributed by atoms with E-state index in [2.05, 4.69) is 19.2 Å². The van der Waals surface area contributed by atoms with Crippen molar-refractivity contribution < 1.29 is 14.7 Å². The molecule has 0 aromatic heterocycles. The van der Waals surface area contributed by atoms with E-state index in [-0.39, 0.29) is 17.9 Å². The Morgan fingerprint density at radius 3 is 2.28 bits per heavy atom. The summed E-state index contributed by atoms with van der Waals surface area (Å²) in [5, 5.41) is 12.1. The lowest BCUT2D eigenvalue weighted by Gasteiger charge is -2.25. The normalized spacial score (nSPS) is 25.1. The summed E-state index contributed by atoms with van der Waals surface area (Å²) < 4.78 is 0. The summed E-state index contributed by atoms with van der Waals surface area (Å²) in [6, 6.07) is 0.127. The summed E-state index contributed by atoms with van der Waals surface area (Å²) in [4.78, 5) is 23.2. The molecule has 1 rings (SSSR count). The number of hydrogen-bond acceptors (Lipinski definition) is 2. The molecule has 1 fully saturated rings. The fourth-order valence-corrected chi connectivity index (χ4v) is 3.01. The van der Waals surface area contributed by atoms with Crippen molar-refractivity contribution in [2.24, 2.45) is 17.8 Å². The minimum Gasteiger partial charge on any atom is -0.481 e. The van der Waals surface area contributed by atoms with Gasteiger partial charge in [-0.2, -0.15) is 0 Å². The van der Waals surface area contributed by atoms with Crippen LogP contribution in [-0.2, 0) is 9.59 Å². The first-order valence-electron chi connectivity index (χ1n) is 7.04. The van der Waals surface area contributed by atoms with Crippen molar-refractivity contribution in [1.82, 2.24) is 5.32 Å². The third-order valence-electron chi connectivity index (χ3n) is 4.30. The summed E-state index contributed by atoms with van der Waals surface area (Å²) in [6.45, 7) is 6.25. The molecule has 18 heavy (non-hydrogen) atoms.